The molecule has 0 amide bonds. The Hall–Kier alpha value is -2.60. The lowest BCUT2D eigenvalue weighted by Crippen LogP contribution is -2.00. The summed E-state index contributed by atoms with van der Waals surface area (Å²) in [5.41, 5.74) is 5.07. The molecule has 0 aliphatic carbocycles. The fraction of sp³-hybridized carbons (Fsp3) is 0.167. The first-order valence-corrected chi connectivity index (χ1v) is 6.77. The van der Waals surface area contributed by atoms with E-state index in [1.54, 1.807) is 18.3 Å². The maximum Gasteiger partial charge on any atom is 0.123 e. The zero-order valence-corrected chi connectivity index (χ0v) is 12.0. The number of halogens is 1. The summed E-state index contributed by atoms with van der Waals surface area (Å²) in [4.78, 5) is 4.49. The number of nitrogens with zero attached hydrogens (tertiary/aromatic N) is 2. The third kappa shape index (κ3) is 2.09. The minimum absolute atomic E-state index is 0.253. The predicted molar refractivity (Wildman–Crippen MR) is 83.4 cm³/mol. The lowest BCUT2D eigenvalue weighted by atomic mass is 10.1. The van der Waals surface area contributed by atoms with E-state index < -0.39 is 0 Å². The topological polar surface area (TPSA) is 17.8 Å². The Bertz CT molecular complexity index is 852. The molecular formula is C18H15FN2. The van der Waals surface area contributed by atoms with Crippen LogP contribution in [0.5, 0.6) is 0 Å². The van der Waals surface area contributed by atoms with E-state index in [1.807, 2.05) is 6.07 Å². The summed E-state index contributed by atoms with van der Waals surface area (Å²) in [6.07, 6.45) is 7.28. The first-order valence-electron chi connectivity index (χ1n) is 6.77. The number of hydrogen-bond acceptors (Lipinski definition) is 1. The molecule has 0 atom stereocenters. The van der Waals surface area contributed by atoms with Crippen molar-refractivity contribution < 1.29 is 4.39 Å². The van der Waals surface area contributed by atoms with E-state index >= 15 is 0 Å². The summed E-state index contributed by atoms with van der Waals surface area (Å²) in [5, 5.41) is 1.14. The van der Waals surface area contributed by atoms with Gasteiger partial charge < -0.3 is 4.57 Å². The average molecular weight is 278 g/mol. The number of rotatable bonds is 2. The molecule has 0 saturated heterocycles. The lowest BCUT2D eigenvalue weighted by Gasteiger charge is -2.08. The maximum absolute atomic E-state index is 13.1. The minimum Gasteiger partial charge on any atom is -0.331 e. The van der Waals surface area contributed by atoms with Crippen molar-refractivity contribution in [2.75, 3.05) is 0 Å². The first kappa shape index (κ1) is 13.4. The summed E-state index contributed by atoms with van der Waals surface area (Å²) < 4.78 is 15.2. The number of benzene rings is 1. The van der Waals surface area contributed by atoms with E-state index in [0.717, 1.165) is 27.9 Å². The number of fused-ring (bicyclic) bond motifs is 1. The van der Waals surface area contributed by atoms with Crippen LogP contribution in [0.15, 0.2) is 36.5 Å². The highest BCUT2D eigenvalue weighted by Crippen LogP contribution is 2.32. The largest absolute Gasteiger partial charge is 0.331 e. The van der Waals surface area contributed by atoms with Gasteiger partial charge in [-0.2, -0.15) is 0 Å². The Morgan fingerprint density at radius 3 is 2.57 bits per heavy atom. The lowest BCUT2D eigenvalue weighted by molar-refractivity contribution is 0.628. The van der Waals surface area contributed by atoms with Crippen molar-refractivity contribution in [3.05, 3.63) is 53.6 Å². The molecule has 0 bridgehead atoms. The van der Waals surface area contributed by atoms with Crippen molar-refractivity contribution in [2.24, 2.45) is 0 Å². The standard InChI is InChI=1S/C18H15FN2/c1-4-11-21-13(3)12(2)16-9-10-20-17(18(16)21)14-5-7-15(19)8-6-14/h1,5-10H,11H2,2-3H3. The molecule has 2 nitrogen and oxygen atoms in total. The van der Waals surface area contributed by atoms with E-state index in [1.165, 1.54) is 17.7 Å². The van der Waals surface area contributed by atoms with Crippen molar-refractivity contribution in [3.8, 4) is 23.6 Å². The van der Waals surface area contributed by atoms with Crippen LogP contribution in [-0.2, 0) is 6.54 Å². The number of hydrogen-bond donors (Lipinski definition) is 0. The smallest absolute Gasteiger partial charge is 0.123 e. The van der Waals surface area contributed by atoms with Gasteiger partial charge in [-0.05, 0) is 49.7 Å². The maximum atomic E-state index is 13.1. The minimum atomic E-state index is -0.253. The summed E-state index contributed by atoms with van der Waals surface area (Å²) in [6, 6.07) is 8.38. The normalized spacial score (nSPS) is 10.8. The second-order valence-corrected chi connectivity index (χ2v) is 5.06. The molecule has 0 fully saturated rings. The van der Waals surface area contributed by atoms with Crippen LogP contribution in [0.3, 0.4) is 0 Å². The van der Waals surface area contributed by atoms with Gasteiger partial charge in [-0.25, -0.2) is 4.39 Å². The van der Waals surface area contributed by atoms with E-state index in [2.05, 4.69) is 29.3 Å². The van der Waals surface area contributed by atoms with Gasteiger partial charge in [0, 0.05) is 22.8 Å². The van der Waals surface area contributed by atoms with E-state index in [0.29, 0.717) is 6.54 Å². The van der Waals surface area contributed by atoms with Crippen LogP contribution in [0, 0.1) is 32.0 Å². The Morgan fingerprint density at radius 1 is 1.19 bits per heavy atom. The molecule has 0 unspecified atom stereocenters. The van der Waals surface area contributed by atoms with Crippen LogP contribution >= 0.6 is 0 Å². The molecule has 0 N–H and O–H groups in total. The van der Waals surface area contributed by atoms with Gasteiger partial charge in [0.25, 0.3) is 0 Å². The molecule has 1 aromatic carbocycles. The van der Waals surface area contributed by atoms with E-state index in [-0.39, 0.29) is 5.82 Å². The summed E-state index contributed by atoms with van der Waals surface area (Å²) in [5.74, 6) is 2.44. The molecular weight excluding hydrogens is 263 g/mol. The summed E-state index contributed by atoms with van der Waals surface area (Å²) in [6.45, 7) is 4.64. The van der Waals surface area contributed by atoms with Gasteiger partial charge in [0.15, 0.2) is 0 Å². The molecule has 2 aromatic heterocycles. The first-order chi connectivity index (χ1) is 10.1. The Kier molecular flexibility index (Phi) is 3.23. The number of terminal acetylenes is 1. The Morgan fingerprint density at radius 2 is 1.90 bits per heavy atom. The van der Waals surface area contributed by atoms with Crippen molar-refractivity contribution >= 4 is 10.9 Å². The molecule has 3 heteroatoms. The third-order valence-corrected chi connectivity index (χ3v) is 3.91. The number of pyridine rings is 1. The second kappa shape index (κ2) is 5.06. The van der Waals surface area contributed by atoms with Crippen LogP contribution in [-0.4, -0.2) is 9.55 Å². The van der Waals surface area contributed by atoms with Crippen molar-refractivity contribution in [1.29, 1.82) is 0 Å². The van der Waals surface area contributed by atoms with Crippen molar-refractivity contribution in [1.82, 2.24) is 9.55 Å². The van der Waals surface area contributed by atoms with Gasteiger partial charge >= 0.3 is 0 Å². The van der Waals surface area contributed by atoms with Crippen LogP contribution in [0.2, 0.25) is 0 Å². The highest BCUT2D eigenvalue weighted by Gasteiger charge is 2.15. The van der Waals surface area contributed by atoms with Gasteiger partial charge in [0.1, 0.15) is 5.82 Å². The highest BCUT2D eigenvalue weighted by molar-refractivity contribution is 5.95. The van der Waals surface area contributed by atoms with E-state index in [4.69, 9.17) is 6.42 Å². The monoisotopic (exact) mass is 278 g/mol. The molecule has 3 rings (SSSR count). The second-order valence-electron chi connectivity index (χ2n) is 5.06. The van der Waals surface area contributed by atoms with Crippen LogP contribution < -0.4 is 0 Å². The van der Waals surface area contributed by atoms with Gasteiger partial charge in [0.05, 0.1) is 17.8 Å². The fourth-order valence-corrected chi connectivity index (χ4v) is 2.70. The zero-order valence-electron chi connectivity index (χ0n) is 12.0. The highest BCUT2D eigenvalue weighted by atomic mass is 19.1. The molecule has 0 spiro atoms. The summed E-state index contributed by atoms with van der Waals surface area (Å²) in [7, 11) is 0. The predicted octanol–water partition coefficient (Wildman–Crippen LogP) is 4.09. The molecule has 104 valence electrons. The molecule has 0 saturated carbocycles. The average Bonchev–Trinajstić information content (AvgIpc) is 2.74. The molecule has 21 heavy (non-hydrogen) atoms. The van der Waals surface area contributed by atoms with Gasteiger partial charge in [-0.15, -0.1) is 6.42 Å². The zero-order chi connectivity index (χ0) is 15.0. The fourth-order valence-electron chi connectivity index (χ4n) is 2.70. The third-order valence-electron chi connectivity index (χ3n) is 3.91. The summed E-state index contributed by atoms with van der Waals surface area (Å²) >= 11 is 0. The van der Waals surface area contributed by atoms with Crippen LogP contribution in [0.1, 0.15) is 11.3 Å². The number of aryl methyl sites for hydroxylation is 1. The molecule has 0 aliphatic rings. The Balaban J connectivity index is 2.36. The van der Waals surface area contributed by atoms with E-state index in [9.17, 15) is 4.39 Å². The molecule has 0 radical (unpaired) electrons. The molecule has 3 aromatic rings. The van der Waals surface area contributed by atoms with Gasteiger partial charge in [0.2, 0.25) is 0 Å². The van der Waals surface area contributed by atoms with Crippen LogP contribution in [0.4, 0.5) is 4.39 Å². The number of aromatic nitrogens is 2. The van der Waals surface area contributed by atoms with Gasteiger partial charge in [-0.1, -0.05) is 5.92 Å². The van der Waals surface area contributed by atoms with Crippen LogP contribution in [0.25, 0.3) is 22.2 Å². The van der Waals surface area contributed by atoms with Gasteiger partial charge in [-0.3, -0.25) is 4.98 Å². The quantitative estimate of drug-likeness (QED) is 0.645. The SMILES string of the molecule is C#CCn1c(C)c(C)c2ccnc(-c3ccc(F)cc3)c21. The Labute approximate surface area is 123 Å². The van der Waals surface area contributed by atoms with Crippen molar-refractivity contribution in [3.63, 3.8) is 0 Å². The molecule has 2 heterocycles. The molecule has 0 aliphatic heterocycles. The van der Waals surface area contributed by atoms with Crippen molar-refractivity contribution in [2.45, 2.75) is 20.4 Å².